The summed E-state index contributed by atoms with van der Waals surface area (Å²) in [4.78, 5) is 17.5. The van der Waals surface area contributed by atoms with Crippen molar-refractivity contribution in [1.29, 1.82) is 0 Å². The van der Waals surface area contributed by atoms with Gasteiger partial charge in [0.1, 0.15) is 10.9 Å². The van der Waals surface area contributed by atoms with Gasteiger partial charge < -0.3 is 19.5 Å². The van der Waals surface area contributed by atoms with Crippen LogP contribution in [0.25, 0.3) is 10.9 Å². The Kier molecular flexibility index (Phi) is 6.39. The van der Waals surface area contributed by atoms with E-state index >= 15 is 0 Å². The average Bonchev–Trinajstić information content (AvgIpc) is 3.34. The predicted molar refractivity (Wildman–Crippen MR) is 123 cm³/mol. The third-order valence-electron chi connectivity index (χ3n) is 5.62. The van der Waals surface area contributed by atoms with Gasteiger partial charge in [0.15, 0.2) is 11.5 Å². The Balaban J connectivity index is 1.64. The van der Waals surface area contributed by atoms with Gasteiger partial charge in [-0.25, -0.2) is 8.42 Å². The van der Waals surface area contributed by atoms with E-state index in [1.54, 1.807) is 42.6 Å². The van der Waals surface area contributed by atoms with E-state index in [0.717, 1.165) is 5.39 Å². The van der Waals surface area contributed by atoms with Crippen LogP contribution < -0.4 is 19.5 Å². The Morgan fingerprint density at radius 3 is 2.42 bits per heavy atom. The minimum atomic E-state index is -3.95. The number of nitrogens with one attached hydrogen (secondary N) is 1. The van der Waals surface area contributed by atoms with Crippen LogP contribution in [0.15, 0.2) is 53.6 Å². The third-order valence-corrected chi connectivity index (χ3v) is 7.56. The van der Waals surface area contributed by atoms with Gasteiger partial charge in [0.25, 0.3) is 0 Å². The zero-order chi connectivity index (χ0) is 23.6. The highest BCUT2D eigenvalue weighted by atomic mass is 32.2. The SMILES string of the molecule is COc1cc(NC(=O)[C@@H]2CCCN2S(=O)(=O)c2cccc3cccnc23)cc(OC)c1OC. The number of amides is 1. The fraction of sp³-hybridized carbons (Fsp3) is 0.304. The van der Waals surface area contributed by atoms with Gasteiger partial charge in [-0.3, -0.25) is 9.78 Å². The number of rotatable bonds is 7. The predicted octanol–water partition coefficient (Wildman–Crippen LogP) is 3.05. The van der Waals surface area contributed by atoms with E-state index in [4.69, 9.17) is 14.2 Å². The Hall–Kier alpha value is -3.37. The van der Waals surface area contributed by atoms with E-state index in [0.29, 0.717) is 41.3 Å². The molecule has 2 aromatic carbocycles. The van der Waals surface area contributed by atoms with E-state index in [1.807, 2.05) is 0 Å². The van der Waals surface area contributed by atoms with Crippen LogP contribution in [0.2, 0.25) is 0 Å². The van der Waals surface area contributed by atoms with Crippen LogP contribution in [-0.4, -0.2) is 57.5 Å². The number of sulfonamides is 1. The number of methoxy groups -OCH3 is 3. The normalized spacial score (nSPS) is 16.5. The zero-order valence-corrected chi connectivity index (χ0v) is 19.4. The van der Waals surface area contributed by atoms with Crippen molar-refractivity contribution in [3.63, 3.8) is 0 Å². The molecule has 10 heteroatoms. The zero-order valence-electron chi connectivity index (χ0n) is 18.6. The number of aromatic nitrogens is 1. The van der Waals surface area contributed by atoms with Crippen LogP contribution in [-0.2, 0) is 14.8 Å². The molecule has 174 valence electrons. The van der Waals surface area contributed by atoms with Gasteiger partial charge in [-0.05, 0) is 25.0 Å². The molecule has 3 aromatic rings. The van der Waals surface area contributed by atoms with Crippen molar-refractivity contribution in [1.82, 2.24) is 9.29 Å². The highest BCUT2D eigenvalue weighted by molar-refractivity contribution is 7.89. The minimum absolute atomic E-state index is 0.0908. The molecular weight excluding hydrogens is 446 g/mol. The number of pyridine rings is 1. The van der Waals surface area contributed by atoms with Crippen LogP contribution in [0.1, 0.15) is 12.8 Å². The number of carbonyl (C=O) groups is 1. The number of para-hydroxylation sites is 1. The number of nitrogens with zero attached hydrogens (tertiary/aromatic N) is 2. The maximum absolute atomic E-state index is 13.5. The number of ether oxygens (including phenoxy) is 3. The summed E-state index contributed by atoms with van der Waals surface area (Å²) in [6.07, 6.45) is 2.54. The molecule has 2 heterocycles. The lowest BCUT2D eigenvalue weighted by Gasteiger charge is -2.24. The Morgan fingerprint density at radius 1 is 1.06 bits per heavy atom. The molecular formula is C23H25N3O6S. The molecule has 1 amide bonds. The van der Waals surface area contributed by atoms with Crippen LogP contribution >= 0.6 is 0 Å². The summed E-state index contributed by atoms with van der Waals surface area (Å²) in [6.45, 7) is 0.249. The molecule has 1 fully saturated rings. The second-order valence-corrected chi connectivity index (χ2v) is 9.37. The molecule has 1 atom stereocenters. The first-order valence-electron chi connectivity index (χ1n) is 10.4. The average molecular weight is 472 g/mol. The number of fused-ring (bicyclic) bond motifs is 1. The van der Waals surface area contributed by atoms with Crippen molar-refractivity contribution in [3.8, 4) is 17.2 Å². The fourth-order valence-electron chi connectivity index (χ4n) is 4.08. The van der Waals surface area contributed by atoms with Crippen LogP contribution in [0.3, 0.4) is 0 Å². The molecule has 1 aliphatic heterocycles. The Bertz CT molecular complexity index is 1260. The molecule has 0 unspecified atom stereocenters. The first kappa shape index (κ1) is 22.8. The summed E-state index contributed by atoms with van der Waals surface area (Å²) in [5, 5.41) is 3.52. The first-order chi connectivity index (χ1) is 15.9. The molecule has 1 N–H and O–H groups in total. The third kappa shape index (κ3) is 4.19. The number of hydrogen-bond donors (Lipinski definition) is 1. The summed E-state index contributed by atoms with van der Waals surface area (Å²) in [5.74, 6) is 0.722. The number of hydrogen-bond acceptors (Lipinski definition) is 7. The van der Waals surface area contributed by atoms with Crippen molar-refractivity contribution in [2.24, 2.45) is 0 Å². The lowest BCUT2D eigenvalue weighted by molar-refractivity contribution is -0.119. The van der Waals surface area contributed by atoms with Crippen molar-refractivity contribution < 1.29 is 27.4 Å². The Labute approximate surface area is 192 Å². The Morgan fingerprint density at radius 2 is 1.76 bits per heavy atom. The molecule has 0 radical (unpaired) electrons. The van der Waals surface area contributed by atoms with Gasteiger partial charge in [0.2, 0.25) is 21.7 Å². The second kappa shape index (κ2) is 9.24. The van der Waals surface area contributed by atoms with Gasteiger partial charge in [0.05, 0.1) is 26.8 Å². The molecule has 0 saturated carbocycles. The quantitative estimate of drug-likeness (QED) is 0.564. The molecule has 0 aliphatic carbocycles. The highest BCUT2D eigenvalue weighted by Gasteiger charge is 2.40. The summed E-state index contributed by atoms with van der Waals surface area (Å²) in [6, 6.07) is 10.9. The van der Waals surface area contributed by atoms with Crippen molar-refractivity contribution in [2.45, 2.75) is 23.8 Å². The summed E-state index contributed by atoms with van der Waals surface area (Å²) in [5.41, 5.74) is 0.793. The maximum atomic E-state index is 13.5. The number of carbonyl (C=O) groups excluding carboxylic acids is 1. The minimum Gasteiger partial charge on any atom is -0.493 e. The molecule has 4 rings (SSSR count). The largest absolute Gasteiger partial charge is 0.493 e. The van der Waals surface area contributed by atoms with Gasteiger partial charge in [-0.15, -0.1) is 0 Å². The molecule has 33 heavy (non-hydrogen) atoms. The van der Waals surface area contributed by atoms with Gasteiger partial charge >= 0.3 is 0 Å². The van der Waals surface area contributed by atoms with E-state index in [2.05, 4.69) is 10.3 Å². The molecule has 0 bridgehead atoms. The molecule has 9 nitrogen and oxygen atoms in total. The highest BCUT2D eigenvalue weighted by Crippen LogP contribution is 2.40. The van der Waals surface area contributed by atoms with E-state index in [-0.39, 0.29) is 11.4 Å². The van der Waals surface area contributed by atoms with Gasteiger partial charge in [-0.1, -0.05) is 18.2 Å². The summed E-state index contributed by atoms with van der Waals surface area (Å²) < 4.78 is 44.3. The second-order valence-electron chi connectivity index (χ2n) is 7.51. The fourth-order valence-corrected chi connectivity index (χ4v) is 5.90. The van der Waals surface area contributed by atoms with E-state index in [1.165, 1.54) is 31.7 Å². The van der Waals surface area contributed by atoms with Gasteiger partial charge in [-0.2, -0.15) is 4.31 Å². The monoisotopic (exact) mass is 471 g/mol. The summed E-state index contributed by atoms with van der Waals surface area (Å²) in [7, 11) is 0.498. The molecule has 1 aromatic heterocycles. The molecule has 1 aliphatic rings. The van der Waals surface area contributed by atoms with Crippen molar-refractivity contribution >= 4 is 32.5 Å². The van der Waals surface area contributed by atoms with Gasteiger partial charge in [0, 0.05) is 35.9 Å². The van der Waals surface area contributed by atoms with Crippen LogP contribution in [0.4, 0.5) is 5.69 Å². The lowest BCUT2D eigenvalue weighted by Crippen LogP contribution is -2.43. The van der Waals surface area contributed by atoms with Crippen molar-refractivity contribution in [3.05, 3.63) is 48.7 Å². The maximum Gasteiger partial charge on any atom is 0.245 e. The molecule has 1 saturated heterocycles. The molecule has 0 spiro atoms. The van der Waals surface area contributed by atoms with E-state index in [9.17, 15) is 13.2 Å². The number of anilines is 1. The van der Waals surface area contributed by atoms with E-state index < -0.39 is 22.0 Å². The van der Waals surface area contributed by atoms with Crippen LogP contribution in [0.5, 0.6) is 17.2 Å². The van der Waals surface area contributed by atoms with Crippen molar-refractivity contribution in [2.75, 3.05) is 33.2 Å². The smallest absolute Gasteiger partial charge is 0.245 e. The van der Waals surface area contributed by atoms with Crippen LogP contribution in [0, 0.1) is 0 Å². The lowest BCUT2D eigenvalue weighted by atomic mass is 10.2. The number of benzene rings is 2. The first-order valence-corrected chi connectivity index (χ1v) is 11.8. The topological polar surface area (TPSA) is 107 Å². The standard InChI is InChI=1S/C23H25N3O6S/c1-30-18-13-16(14-19(31-2)22(18)32-3)25-23(27)17-9-6-12-26(17)33(28,29)20-10-4-7-15-8-5-11-24-21(15)20/h4-5,7-8,10-11,13-14,17H,6,9,12H2,1-3H3,(H,25,27)/t17-/m0/s1. The summed E-state index contributed by atoms with van der Waals surface area (Å²) >= 11 is 0.